The molecule has 0 aromatic heterocycles. The Morgan fingerprint density at radius 3 is 2.56 bits per heavy atom. The lowest BCUT2D eigenvalue weighted by molar-refractivity contribution is 0.171. The Kier molecular flexibility index (Phi) is 4.85. The minimum Gasteiger partial charge on any atom is -0.508 e. The fourth-order valence-corrected chi connectivity index (χ4v) is 4.07. The Morgan fingerprint density at radius 2 is 1.78 bits per heavy atom. The monoisotopic (exact) mass is 370 g/mol. The van der Waals surface area contributed by atoms with E-state index in [0.717, 1.165) is 41.0 Å². The predicted molar refractivity (Wildman–Crippen MR) is 102 cm³/mol. The SMILES string of the molecule is CCCc1cc(C2NNC(C)C2c2ccc3c(c2)OCCO3)c(O)cc1O. The van der Waals surface area contributed by atoms with Crippen LogP contribution in [0.15, 0.2) is 30.3 Å². The highest BCUT2D eigenvalue weighted by atomic mass is 16.6. The first-order chi connectivity index (χ1) is 13.1. The smallest absolute Gasteiger partial charge is 0.161 e. The van der Waals surface area contributed by atoms with Crippen LogP contribution in [0.25, 0.3) is 0 Å². The molecule has 1 saturated heterocycles. The van der Waals surface area contributed by atoms with Crippen molar-refractivity contribution >= 4 is 0 Å². The number of ether oxygens (including phenoxy) is 2. The van der Waals surface area contributed by atoms with Crippen LogP contribution in [0.3, 0.4) is 0 Å². The molecule has 0 amide bonds. The van der Waals surface area contributed by atoms with Crippen LogP contribution in [0, 0.1) is 0 Å². The summed E-state index contributed by atoms with van der Waals surface area (Å²) < 4.78 is 11.4. The molecule has 4 N–H and O–H groups in total. The van der Waals surface area contributed by atoms with Gasteiger partial charge in [0.25, 0.3) is 0 Å². The zero-order chi connectivity index (χ0) is 19.0. The van der Waals surface area contributed by atoms with E-state index < -0.39 is 0 Å². The first-order valence-electron chi connectivity index (χ1n) is 9.53. The molecule has 2 heterocycles. The molecule has 0 saturated carbocycles. The van der Waals surface area contributed by atoms with E-state index in [9.17, 15) is 10.2 Å². The molecule has 3 atom stereocenters. The lowest BCUT2D eigenvalue weighted by atomic mass is 9.83. The third-order valence-corrected chi connectivity index (χ3v) is 5.40. The fraction of sp³-hybridized carbons (Fsp3) is 0.429. The fourth-order valence-electron chi connectivity index (χ4n) is 4.07. The van der Waals surface area contributed by atoms with Crippen LogP contribution in [-0.4, -0.2) is 29.5 Å². The van der Waals surface area contributed by atoms with E-state index >= 15 is 0 Å². The average Bonchev–Trinajstić information content (AvgIpc) is 3.05. The molecule has 144 valence electrons. The van der Waals surface area contributed by atoms with Crippen molar-refractivity contribution in [2.24, 2.45) is 0 Å². The molecule has 4 rings (SSSR count). The molecular formula is C21H26N2O4. The third-order valence-electron chi connectivity index (χ3n) is 5.40. The summed E-state index contributed by atoms with van der Waals surface area (Å²) in [4.78, 5) is 0. The van der Waals surface area contributed by atoms with Gasteiger partial charge < -0.3 is 19.7 Å². The Morgan fingerprint density at radius 1 is 1.00 bits per heavy atom. The highest BCUT2D eigenvalue weighted by Gasteiger charge is 2.37. The number of rotatable bonds is 4. The van der Waals surface area contributed by atoms with Gasteiger partial charge in [0.1, 0.15) is 24.7 Å². The summed E-state index contributed by atoms with van der Waals surface area (Å²) in [6.45, 7) is 5.30. The summed E-state index contributed by atoms with van der Waals surface area (Å²) in [5, 5.41) is 20.6. The molecule has 2 aliphatic heterocycles. The van der Waals surface area contributed by atoms with Crippen molar-refractivity contribution in [1.29, 1.82) is 0 Å². The first-order valence-corrected chi connectivity index (χ1v) is 9.53. The summed E-state index contributed by atoms with van der Waals surface area (Å²) in [6, 6.07) is 9.43. The Bertz CT molecular complexity index is 839. The van der Waals surface area contributed by atoms with Crippen molar-refractivity contribution in [1.82, 2.24) is 10.9 Å². The van der Waals surface area contributed by atoms with Gasteiger partial charge in [-0.25, -0.2) is 5.43 Å². The van der Waals surface area contributed by atoms with Gasteiger partial charge in [-0.3, -0.25) is 5.43 Å². The molecule has 6 nitrogen and oxygen atoms in total. The molecular weight excluding hydrogens is 344 g/mol. The summed E-state index contributed by atoms with van der Waals surface area (Å²) in [5.74, 6) is 1.87. The van der Waals surface area contributed by atoms with Crippen LogP contribution in [-0.2, 0) is 6.42 Å². The van der Waals surface area contributed by atoms with E-state index in [1.807, 2.05) is 18.2 Å². The van der Waals surface area contributed by atoms with E-state index in [-0.39, 0.29) is 29.5 Å². The Labute approximate surface area is 159 Å². The molecule has 27 heavy (non-hydrogen) atoms. The predicted octanol–water partition coefficient (Wildman–Crippen LogP) is 3.14. The molecule has 2 aromatic rings. The van der Waals surface area contributed by atoms with Gasteiger partial charge in [0.05, 0.1) is 6.04 Å². The van der Waals surface area contributed by atoms with Crippen molar-refractivity contribution in [2.75, 3.05) is 13.2 Å². The van der Waals surface area contributed by atoms with Crippen molar-refractivity contribution < 1.29 is 19.7 Å². The molecule has 0 aliphatic carbocycles. The molecule has 6 heteroatoms. The largest absolute Gasteiger partial charge is 0.508 e. The van der Waals surface area contributed by atoms with E-state index in [1.165, 1.54) is 6.07 Å². The molecule has 2 aromatic carbocycles. The molecule has 2 aliphatic rings. The Hall–Kier alpha value is -2.44. The van der Waals surface area contributed by atoms with E-state index in [4.69, 9.17) is 9.47 Å². The first kappa shape index (κ1) is 17.9. The number of hydrazine groups is 1. The topological polar surface area (TPSA) is 83.0 Å². The number of phenols is 2. The van der Waals surface area contributed by atoms with Crippen molar-refractivity contribution in [3.63, 3.8) is 0 Å². The lowest BCUT2D eigenvalue weighted by Crippen LogP contribution is -2.29. The van der Waals surface area contributed by atoms with Gasteiger partial charge in [-0.05, 0) is 42.7 Å². The quantitative estimate of drug-likeness (QED) is 0.662. The lowest BCUT2D eigenvalue weighted by Gasteiger charge is -2.25. The number of hydrogen-bond donors (Lipinski definition) is 4. The molecule has 0 spiro atoms. The number of nitrogens with one attached hydrogen (secondary N) is 2. The number of hydrogen-bond acceptors (Lipinski definition) is 6. The third kappa shape index (κ3) is 3.31. The standard InChI is InChI=1S/C21H26N2O4/c1-3-4-13-9-15(17(25)11-16(13)24)21-20(12(2)22-23-21)14-5-6-18-19(10-14)27-8-7-26-18/h5-6,9-12,20-25H,3-4,7-8H2,1-2H3. The number of aryl methyl sites for hydroxylation is 1. The van der Waals surface area contributed by atoms with Crippen molar-refractivity contribution in [3.05, 3.63) is 47.0 Å². The van der Waals surface area contributed by atoms with Gasteiger partial charge >= 0.3 is 0 Å². The average molecular weight is 370 g/mol. The van der Waals surface area contributed by atoms with Crippen LogP contribution in [0.5, 0.6) is 23.0 Å². The summed E-state index contributed by atoms with van der Waals surface area (Å²) in [5.41, 5.74) is 9.36. The summed E-state index contributed by atoms with van der Waals surface area (Å²) >= 11 is 0. The second-order valence-electron chi connectivity index (χ2n) is 7.27. The highest BCUT2D eigenvalue weighted by molar-refractivity contribution is 5.50. The van der Waals surface area contributed by atoms with Crippen LogP contribution in [0.2, 0.25) is 0 Å². The number of fused-ring (bicyclic) bond motifs is 1. The maximum absolute atomic E-state index is 10.5. The highest BCUT2D eigenvalue weighted by Crippen LogP contribution is 2.44. The van der Waals surface area contributed by atoms with Gasteiger partial charge in [-0.2, -0.15) is 0 Å². The molecule has 3 unspecified atom stereocenters. The summed E-state index contributed by atoms with van der Waals surface area (Å²) in [6.07, 6.45) is 1.69. The van der Waals surface area contributed by atoms with Gasteiger partial charge in [0.2, 0.25) is 0 Å². The van der Waals surface area contributed by atoms with E-state index in [0.29, 0.717) is 13.2 Å². The number of benzene rings is 2. The minimum atomic E-state index is -0.126. The van der Waals surface area contributed by atoms with Crippen LogP contribution >= 0.6 is 0 Å². The maximum Gasteiger partial charge on any atom is 0.161 e. The second kappa shape index (κ2) is 7.29. The van der Waals surface area contributed by atoms with Gasteiger partial charge in [0, 0.05) is 23.6 Å². The van der Waals surface area contributed by atoms with Crippen molar-refractivity contribution in [2.45, 2.75) is 44.7 Å². The van der Waals surface area contributed by atoms with E-state index in [2.05, 4.69) is 30.8 Å². The van der Waals surface area contributed by atoms with Gasteiger partial charge in [-0.15, -0.1) is 0 Å². The van der Waals surface area contributed by atoms with Gasteiger partial charge in [-0.1, -0.05) is 19.4 Å². The zero-order valence-electron chi connectivity index (χ0n) is 15.7. The molecule has 0 radical (unpaired) electrons. The zero-order valence-corrected chi connectivity index (χ0v) is 15.7. The molecule has 0 bridgehead atoms. The maximum atomic E-state index is 10.5. The molecule has 1 fully saturated rings. The van der Waals surface area contributed by atoms with Gasteiger partial charge in [0.15, 0.2) is 11.5 Å². The number of phenolic OH excluding ortho intramolecular Hbond substituents is 2. The van der Waals surface area contributed by atoms with Crippen molar-refractivity contribution in [3.8, 4) is 23.0 Å². The van der Waals surface area contributed by atoms with Crippen LogP contribution in [0.4, 0.5) is 0 Å². The Balaban J connectivity index is 1.72. The normalized spacial score (nSPS) is 24.1. The number of aromatic hydroxyl groups is 2. The summed E-state index contributed by atoms with van der Waals surface area (Å²) in [7, 11) is 0. The van der Waals surface area contributed by atoms with Crippen LogP contribution in [0.1, 0.15) is 48.9 Å². The van der Waals surface area contributed by atoms with Crippen LogP contribution < -0.4 is 20.3 Å². The van der Waals surface area contributed by atoms with E-state index in [1.54, 1.807) is 0 Å². The second-order valence-corrected chi connectivity index (χ2v) is 7.27. The minimum absolute atomic E-state index is 0.0887.